The second kappa shape index (κ2) is 5.90. The lowest BCUT2D eigenvalue weighted by Gasteiger charge is -2.25. The number of ether oxygens (including phenoxy) is 1. The van der Waals surface area contributed by atoms with E-state index in [1.807, 2.05) is 0 Å². The molecule has 0 fully saturated rings. The average molecular weight is 253 g/mol. The van der Waals surface area contributed by atoms with Gasteiger partial charge in [0.05, 0.1) is 13.5 Å². The Hall–Kier alpha value is -2.24. The Morgan fingerprint density at radius 2 is 1.83 bits per heavy atom. The number of carboxylic acid groups (broad SMARTS) is 2. The lowest BCUT2D eigenvalue weighted by atomic mass is 10.1. The van der Waals surface area contributed by atoms with E-state index in [0.717, 1.165) is 0 Å². The normalized spacial score (nSPS) is 11.7. The third-order valence-electron chi connectivity index (χ3n) is 2.60. The summed E-state index contributed by atoms with van der Waals surface area (Å²) in [5, 5.41) is 17.7. The van der Waals surface area contributed by atoms with Gasteiger partial charge in [0.2, 0.25) is 0 Å². The Bertz CT molecular complexity index is 429. The SMILES string of the molecule is COc1ccc(N(C)C(CC(=O)O)C(=O)O)cc1. The van der Waals surface area contributed by atoms with Crippen LogP contribution in [0.5, 0.6) is 5.75 Å². The third-order valence-corrected chi connectivity index (χ3v) is 2.60. The minimum Gasteiger partial charge on any atom is -0.497 e. The van der Waals surface area contributed by atoms with Crippen molar-refractivity contribution in [2.24, 2.45) is 0 Å². The molecule has 6 heteroatoms. The maximum absolute atomic E-state index is 11.0. The number of methoxy groups -OCH3 is 1. The van der Waals surface area contributed by atoms with Crippen molar-refractivity contribution >= 4 is 17.6 Å². The molecule has 98 valence electrons. The Morgan fingerprint density at radius 1 is 1.28 bits per heavy atom. The van der Waals surface area contributed by atoms with Gasteiger partial charge in [0.25, 0.3) is 0 Å². The first kappa shape index (κ1) is 13.8. The zero-order valence-corrected chi connectivity index (χ0v) is 10.2. The van der Waals surface area contributed by atoms with Crippen LogP contribution in [0.1, 0.15) is 6.42 Å². The molecule has 0 aliphatic heterocycles. The number of anilines is 1. The molecule has 1 aromatic rings. The van der Waals surface area contributed by atoms with Gasteiger partial charge in [-0.25, -0.2) is 4.79 Å². The Labute approximate surface area is 104 Å². The van der Waals surface area contributed by atoms with Gasteiger partial charge in [0.1, 0.15) is 11.8 Å². The number of benzene rings is 1. The van der Waals surface area contributed by atoms with Crippen LogP contribution < -0.4 is 9.64 Å². The van der Waals surface area contributed by atoms with Crippen molar-refractivity contribution in [1.82, 2.24) is 0 Å². The lowest BCUT2D eigenvalue weighted by Crippen LogP contribution is -2.40. The second-order valence-corrected chi connectivity index (χ2v) is 3.76. The Balaban J connectivity index is 2.90. The molecule has 0 radical (unpaired) electrons. The predicted octanol–water partition coefficient (Wildman–Crippen LogP) is 1.06. The summed E-state index contributed by atoms with van der Waals surface area (Å²) in [7, 11) is 3.08. The molecule has 0 heterocycles. The van der Waals surface area contributed by atoms with Crippen molar-refractivity contribution in [3.8, 4) is 5.75 Å². The van der Waals surface area contributed by atoms with E-state index in [1.165, 1.54) is 12.0 Å². The Morgan fingerprint density at radius 3 is 2.22 bits per heavy atom. The molecule has 0 saturated heterocycles. The predicted molar refractivity (Wildman–Crippen MR) is 65.1 cm³/mol. The fraction of sp³-hybridized carbons (Fsp3) is 0.333. The summed E-state index contributed by atoms with van der Waals surface area (Å²) in [6.45, 7) is 0. The van der Waals surface area contributed by atoms with Crippen molar-refractivity contribution in [2.45, 2.75) is 12.5 Å². The number of hydrogen-bond donors (Lipinski definition) is 2. The van der Waals surface area contributed by atoms with Gasteiger partial charge in [0, 0.05) is 12.7 Å². The minimum absolute atomic E-state index is 0.460. The fourth-order valence-corrected chi connectivity index (χ4v) is 1.55. The maximum atomic E-state index is 11.0. The second-order valence-electron chi connectivity index (χ2n) is 3.76. The number of likely N-dealkylation sites (N-methyl/N-ethyl adjacent to an activating group) is 1. The molecule has 18 heavy (non-hydrogen) atoms. The van der Waals surface area contributed by atoms with Crippen LogP contribution in [0.2, 0.25) is 0 Å². The van der Waals surface area contributed by atoms with Crippen LogP contribution in [0.15, 0.2) is 24.3 Å². The quantitative estimate of drug-likeness (QED) is 0.788. The van der Waals surface area contributed by atoms with E-state index >= 15 is 0 Å². The average Bonchev–Trinajstić information content (AvgIpc) is 2.34. The summed E-state index contributed by atoms with van der Waals surface area (Å²) >= 11 is 0. The van der Waals surface area contributed by atoms with Gasteiger partial charge in [0.15, 0.2) is 0 Å². The van der Waals surface area contributed by atoms with Gasteiger partial charge >= 0.3 is 11.9 Å². The van der Waals surface area contributed by atoms with Gasteiger partial charge in [-0.15, -0.1) is 0 Å². The number of carboxylic acids is 2. The van der Waals surface area contributed by atoms with Crippen LogP contribution in [0.25, 0.3) is 0 Å². The highest BCUT2D eigenvalue weighted by Crippen LogP contribution is 2.20. The number of carbonyl (C=O) groups is 2. The van der Waals surface area contributed by atoms with Crippen LogP contribution in [0.3, 0.4) is 0 Å². The zero-order valence-electron chi connectivity index (χ0n) is 10.2. The van der Waals surface area contributed by atoms with E-state index < -0.39 is 24.4 Å². The first-order valence-corrected chi connectivity index (χ1v) is 5.27. The van der Waals surface area contributed by atoms with E-state index in [-0.39, 0.29) is 0 Å². The summed E-state index contributed by atoms with van der Waals surface area (Å²) in [4.78, 5) is 23.1. The minimum atomic E-state index is -1.17. The highest BCUT2D eigenvalue weighted by atomic mass is 16.5. The summed E-state index contributed by atoms with van der Waals surface area (Å²) in [6.07, 6.45) is -0.460. The smallest absolute Gasteiger partial charge is 0.326 e. The molecule has 2 N–H and O–H groups in total. The van der Waals surface area contributed by atoms with Crippen LogP contribution >= 0.6 is 0 Å². The highest BCUT2D eigenvalue weighted by Gasteiger charge is 2.25. The molecule has 0 amide bonds. The van der Waals surface area contributed by atoms with Crippen LogP contribution in [-0.4, -0.2) is 42.4 Å². The molecule has 6 nitrogen and oxygen atoms in total. The molecular weight excluding hydrogens is 238 g/mol. The molecule has 0 bridgehead atoms. The van der Waals surface area contributed by atoms with Gasteiger partial charge in [-0.3, -0.25) is 4.79 Å². The maximum Gasteiger partial charge on any atom is 0.326 e. The molecule has 0 saturated carbocycles. The summed E-state index contributed by atoms with van der Waals surface area (Å²) in [5.74, 6) is -1.67. The molecule has 1 atom stereocenters. The lowest BCUT2D eigenvalue weighted by molar-refractivity contribution is -0.145. The van der Waals surface area contributed by atoms with E-state index in [2.05, 4.69) is 0 Å². The van der Waals surface area contributed by atoms with E-state index in [4.69, 9.17) is 14.9 Å². The van der Waals surface area contributed by atoms with Gasteiger partial charge in [-0.05, 0) is 24.3 Å². The van der Waals surface area contributed by atoms with Crippen molar-refractivity contribution in [3.05, 3.63) is 24.3 Å². The van der Waals surface area contributed by atoms with Gasteiger partial charge < -0.3 is 19.8 Å². The third kappa shape index (κ3) is 3.38. The number of nitrogens with zero attached hydrogens (tertiary/aromatic N) is 1. The van der Waals surface area contributed by atoms with Crippen molar-refractivity contribution in [3.63, 3.8) is 0 Å². The number of rotatable bonds is 6. The largest absolute Gasteiger partial charge is 0.497 e. The van der Waals surface area contributed by atoms with E-state index in [1.54, 1.807) is 31.3 Å². The monoisotopic (exact) mass is 253 g/mol. The number of hydrogen-bond acceptors (Lipinski definition) is 4. The van der Waals surface area contributed by atoms with Crippen LogP contribution in [0.4, 0.5) is 5.69 Å². The first-order chi connectivity index (χ1) is 8.45. The molecule has 0 aliphatic rings. The zero-order chi connectivity index (χ0) is 13.7. The van der Waals surface area contributed by atoms with Gasteiger partial charge in [-0.2, -0.15) is 0 Å². The molecular formula is C12H15NO5. The standard InChI is InChI=1S/C12H15NO5/c1-13(10(12(16)17)7-11(14)15)8-3-5-9(18-2)6-4-8/h3-6,10H,7H2,1-2H3,(H,14,15)(H,16,17). The van der Waals surface area contributed by atoms with E-state index in [0.29, 0.717) is 11.4 Å². The molecule has 0 spiro atoms. The molecule has 1 rings (SSSR count). The van der Waals surface area contributed by atoms with Gasteiger partial charge in [-0.1, -0.05) is 0 Å². The molecule has 0 aliphatic carbocycles. The van der Waals surface area contributed by atoms with Crippen molar-refractivity contribution < 1.29 is 24.5 Å². The van der Waals surface area contributed by atoms with Crippen molar-refractivity contribution in [1.29, 1.82) is 0 Å². The molecule has 1 unspecified atom stereocenters. The fourth-order valence-electron chi connectivity index (χ4n) is 1.55. The first-order valence-electron chi connectivity index (χ1n) is 5.27. The Kier molecular flexibility index (Phi) is 4.53. The van der Waals surface area contributed by atoms with Crippen LogP contribution in [0, 0.1) is 0 Å². The summed E-state index contributed by atoms with van der Waals surface area (Å²) in [5.41, 5.74) is 0.615. The molecule has 0 aromatic heterocycles. The highest BCUT2D eigenvalue weighted by molar-refractivity contribution is 5.84. The topological polar surface area (TPSA) is 87.1 Å². The summed E-state index contributed by atoms with van der Waals surface area (Å²) in [6, 6.07) is 5.63. The summed E-state index contributed by atoms with van der Waals surface area (Å²) < 4.78 is 4.99. The number of aliphatic carboxylic acids is 2. The van der Waals surface area contributed by atoms with Crippen molar-refractivity contribution in [2.75, 3.05) is 19.1 Å². The van der Waals surface area contributed by atoms with E-state index in [9.17, 15) is 9.59 Å². The molecule has 1 aromatic carbocycles. The van der Waals surface area contributed by atoms with Crippen LogP contribution in [-0.2, 0) is 9.59 Å².